The van der Waals surface area contributed by atoms with Gasteiger partial charge in [0.2, 0.25) is 0 Å². The molecule has 0 unspecified atom stereocenters. The number of hydrogen-bond donors (Lipinski definition) is 3. The number of carbonyl (C=O) groups excluding carboxylic acids is 1. The van der Waals surface area contributed by atoms with Gasteiger partial charge in [0.15, 0.2) is 5.65 Å². The number of aromatic amines is 1. The van der Waals surface area contributed by atoms with Crippen molar-refractivity contribution < 1.29 is 9.18 Å². The summed E-state index contributed by atoms with van der Waals surface area (Å²) in [5.74, 6) is -0.570. The Bertz CT molecular complexity index is 1490. The Morgan fingerprint density at radius 2 is 1.91 bits per heavy atom. The van der Waals surface area contributed by atoms with Crippen molar-refractivity contribution in [1.29, 1.82) is 0 Å². The smallest absolute Gasteiger partial charge is 0.255 e. The normalized spacial score (nSPS) is 10.8. The second-order valence-electron chi connectivity index (χ2n) is 7.01. The Hall–Kier alpha value is -4.37. The monoisotopic (exact) mass is 459 g/mol. The molecule has 2 aromatic carbocycles. The number of anilines is 3. The highest BCUT2D eigenvalue weighted by Gasteiger charge is 2.15. The van der Waals surface area contributed by atoms with Gasteiger partial charge in [-0.1, -0.05) is 17.7 Å². The molecule has 0 aliphatic rings. The first kappa shape index (κ1) is 20.5. The molecule has 0 spiro atoms. The number of nitrogens with one attached hydrogen (secondary N) is 3. The molecular formula is C23H15ClFN7O. The minimum Gasteiger partial charge on any atom is -0.340 e. The summed E-state index contributed by atoms with van der Waals surface area (Å²) >= 11 is 5.95. The summed E-state index contributed by atoms with van der Waals surface area (Å²) in [6.07, 6.45) is 4.61. The van der Waals surface area contributed by atoms with Crippen molar-refractivity contribution >= 4 is 45.9 Å². The number of nitrogens with zero attached hydrogens (tertiary/aromatic N) is 4. The molecule has 0 fully saturated rings. The molecule has 3 heterocycles. The SMILES string of the molecule is O=C(Nc1cc(Nc2ncccc2-c2ncnc3[nH]cnc23)ccc1F)c1cccc(Cl)c1. The lowest BCUT2D eigenvalue weighted by Crippen LogP contribution is -2.13. The van der Waals surface area contributed by atoms with E-state index in [0.29, 0.717) is 44.5 Å². The first-order chi connectivity index (χ1) is 16.1. The van der Waals surface area contributed by atoms with Crippen LogP contribution >= 0.6 is 11.6 Å². The minimum atomic E-state index is -0.578. The van der Waals surface area contributed by atoms with Crippen LogP contribution in [0.1, 0.15) is 10.4 Å². The van der Waals surface area contributed by atoms with Crippen molar-refractivity contribution in [2.75, 3.05) is 10.6 Å². The van der Waals surface area contributed by atoms with Crippen molar-refractivity contribution in [2.45, 2.75) is 0 Å². The van der Waals surface area contributed by atoms with Crippen LogP contribution in [0.4, 0.5) is 21.6 Å². The summed E-state index contributed by atoms with van der Waals surface area (Å²) < 4.78 is 14.4. The van der Waals surface area contributed by atoms with Crippen molar-refractivity contribution in [1.82, 2.24) is 24.9 Å². The first-order valence-electron chi connectivity index (χ1n) is 9.81. The number of pyridine rings is 1. The third kappa shape index (κ3) is 4.21. The molecule has 0 aliphatic heterocycles. The van der Waals surface area contributed by atoms with Crippen molar-refractivity contribution in [3.05, 3.63) is 89.9 Å². The molecule has 8 nitrogen and oxygen atoms in total. The molecule has 3 N–H and O–H groups in total. The topological polar surface area (TPSA) is 108 Å². The van der Waals surface area contributed by atoms with E-state index in [1.807, 2.05) is 6.07 Å². The number of rotatable bonds is 5. The van der Waals surface area contributed by atoms with Gasteiger partial charge in [0.05, 0.1) is 12.0 Å². The van der Waals surface area contributed by atoms with Crippen LogP contribution in [0.3, 0.4) is 0 Å². The zero-order chi connectivity index (χ0) is 22.8. The van der Waals surface area contributed by atoms with E-state index in [0.717, 1.165) is 0 Å². The van der Waals surface area contributed by atoms with Gasteiger partial charge in [-0.15, -0.1) is 0 Å². The zero-order valence-electron chi connectivity index (χ0n) is 16.9. The van der Waals surface area contributed by atoms with Gasteiger partial charge in [-0.25, -0.2) is 24.3 Å². The van der Waals surface area contributed by atoms with Gasteiger partial charge in [0, 0.05) is 28.0 Å². The Morgan fingerprint density at radius 3 is 2.79 bits per heavy atom. The largest absolute Gasteiger partial charge is 0.340 e. The Kier molecular flexibility index (Phi) is 5.37. The maximum atomic E-state index is 14.4. The number of fused-ring (bicyclic) bond motifs is 1. The van der Waals surface area contributed by atoms with Gasteiger partial charge in [-0.05, 0) is 48.5 Å². The van der Waals surface area contributed by atoms with E-state index in [1.54, 1.807) is 42.9 Å². The van der Waals surface area contributed by atoms with E-state index in [1.165, 1.54) is 24.5 Å². The van der Waals surface area contributed by atoms with Crippen LogP contribution in [0.2, 0.25) is 5.02 Å². The van der Waals surface area contributed by atoms with Gasteiger partial charge in [0.25, 0.3) is 5.91 Å². The molecule has 0 radical (unpaired) electrons. The van der Waals surface area contributed by atoms with Gasteiger partial charge >= 0.3 is 0 Å². The van der Waals surface area contributed by atoms with Crippen LogP contribution in [-0.4, -0.2) is 30.8 Å². The van der Waals surface area contributed by atoms with E-state index in [4.69, 9.17) is 11.6 Å². The standard InChI is InChI=1S/C23H15ClFN7O/c24-14-4-1-3-13(9-14)23(33)32-18-10-15(6-7-17(18)25)31-21-16(5-2-8-26-21)19-20-22(29-11-27-19)30-12-28-20/h1-12H,(H,26,31)(H,32,33)(H,27,28,29,30). The Labute approximate surface area is 191 Å². The number of aromatic nitrogens is 5. The summed E-state index contributed by atoms with van der Waals surface area (Å²) in [6, 6.07) is 14.3. The van der Waals surface area contributed by atoms with Crippen molar-refractivity contribution in [3.63, 3.8) is 0 Å². The number of imidazole rings is 1. The Balaban J connectivity index is 1.45. The summed E-state index contributed by atoms with van der Waals surface area (Å²) in [6.45, 7) is 0. The van der Waals surface area contributed by atoms with Crippen LogP contribution in [0.15, 0.2) is 73.4 Å². The lowest BCUT2D eigenvalue weighted by molar-refractivity contribution is 0.102. The molecule has 3 aromatic heterocycles. The van der Waals surface area contributed by atoms with E-state index in [2.05, 4.69) is 35.6 Å². The molecular weight excluding hydrogens is 445 g/mol. The molecule has 33 heavy (non-hydrogen) atoms. The number of benzene rings is 2. The average Bonchev–Trinajstić information content (AvgIpc) is 3.31. The molecule has 0 bridgehead atoms. The van der Waals surface area contributed by atoms with Crippen molar-refractivity contribution in [2.24, 2.45) is 0 Å². The highest BCUT2D eigenvalue weighted by molar-refractivity contribution is 6.31. The molecule has 0 atom stereocenters. The first-order valence-corrected chi connectivity index (χ1v) is 10.2. The number of carbonyl (C=O) groups is 1. The van der Waals surface area contributed by atoms with Crippen molar-refractivity contribution in [3.8, 4) is 11.3 Å². The number of hydrogen-bond acceptors (Lipinski definition) is 6. The molecule has 1 amide bonds. The number of halogens is 2. The molecule has 162 valence electrons. The van der Waals surface area contributed by atoms with Crippen LogP contribution in [0.5, 0.6) is 0 Å². The summed E-state index contributed by atoms with van der Waals surface area (Å²) in [4.78, 5) is 32.7. The Morgan fingerprint density at radius 1 is 1.00 bits per heavy atom. The lowest BCUT2D eigenvalue weighted by atomic mass is 10.1. The minimum absolute atomic E-state index is 0.0131. The quantitative estimate of drug-likeness (QED) is 0.333. The highest BCUT2D eigenvalue weighted by atomic mass is 35.5. The van der Waals surface area contributed by atoms with Gasteiger partial charge in [-0.2, -0.15) is 0 Å². The fourth-order valence-electron chi connectivity index (χ4n) is 3.32. The highest BCUT2D eigenvalue weighted by Crippen LogP contribution is 2.31. The molecule has 5 rings (SSSR count). The summed E-state index contributed by atoms with van der Waals surface area (Å²) in [5.41, 5.74) is 3.33. The second kappa shape index (κ2) is 8.64. The number of H-pyrrole nitrogens is 1. The van der Waals surface area contributed by atoms with E-state index in [9.17, 15) is 9.18 Å². The van der Waals surface area contributed by atoms with E-state index < -0.39 is 11.7 Å². The second-order valence-corrected chi connectivity index (χ2v) is 7.44. The van der Waals surface area contributed by atoms with Crippen LogP contribution < -0.4 is 10.6 Å². The third-order valence-corrected chi connectivity index (χ3v) is 5.08. The van der Waals surface area contributed by atoms with E-state index >= 15 is 0 Å². The fourth-order valence-corrected chi connectivity index (χ4v) is 3.51. The van der Waals surface area contributed by atoms with Crippen LogP contribution in [-0.2, 0) is 0 Å². The van der Waals surface area contributed by atoms with Gasteiger partial charge in [-0.3, -0.25) is 4.79 Å². The third-order valence-electron chi connectivity index (χ3n) is 4.84. The molecule has 5 aromatic rings. The van der Waals surface area contributed by atoms with Gasteiger partial charge < -0.3 is 15.6 Å². The van der Waals surface area contributed by atoms with Crippen LogP contribution in [0, 0.1) is 5.82 Å². The van der Waals surface area contributed by atoms with E-state index in [-0.39, 0.29) is 5.69 Å². The maximum Gasteiger partial charge on any atom is 0.255 e. The summed E-state index contributed by atoms with van der Waals surface area (Å²) in [7, 11) is 0. The zero-order valence-corrected chi connectivity index (χ0v) is 17.6. The molecule has 0 aliphatic carbocycles. The maximum absolute atomic E-state index is 14.4. The predicted octanol–water partition coefficient (Wildman–Crippen LogP) is 5.20. The fraction of sp³-hybridized carbons (Fsp3) is 0. The summed E-state index contributed by atoms with van der Waals surface area (Å²) in [5, 5.41) is 6.16. The van der Waals surface area contributed by atoms with Crippen LogP contribution in [0.25, 0.3) is 22.4 Å². The molecule has 0 saturated heterocycles. The van der Waals surface area contributed by atoms with Gasteiger partial charge in [0.1, 0.15) is 29.2 Å². The lowest BCUT2D eigenvalue weighted by Gasteiger charge is -2.13. The molecule has 10 heteroatoms. The molecule has 0 saturated carbocycles. The average molecular weight is 460 g/mol. The predicted molar refractivity (Wildman–Crippen MR) is 124 cm³/mol. The number of amides is 1.